The highest BCUT2D eigenvalue weighted by Gasteiger charge is 2.70. The Hall–Kier alpha value is -2.31. The van der Waals surface area contributed by atoms with E-state index in [2.05, 4.69) is 30.7 Å². The second kappa shape index (κ2) is 6.11. The number of nitro groups is 1. The summed E-state index contributed by atoms with van der Waals surface area (Å²) in [5.74, 6) is -1.13. The van der Waals surface area contributed by atoms with Crippen LogP contribution >= 0.6 is 0 Å². The molecule has 27 heavy (non-hydrogen) atoms. The summed E-state index contributed by atoms with van der Waals surface area (Å²) in [6.45, 7) is 9.28. The molecule has 2 bridgehead atoms. The summed E-state index contributed by atoms with van der Waals surface area (Å²) in [4.78, 5) is 11.1. The highest BCUT2D eigenvalue weighted by molar-refractivity contribution is 5.51. The van der Waals surface area contributed by atoms with Crippen LogP contribution in [0, 0.1) is 15.5 Å². The van der Waals surface area contributed by atoms with Gasteiger partial charge in [0.2, 0.25) is 0 Å². The molecular weight excluding hydrogens is 344 g/mol. The summed E-state index contributed by atoms with van der Waals surface area (Å²) in [6, 6.07) is 11.3. The van der Waals surface area contributed by atoms with Gasteiger partial charge in [0, 0.05) is 43.0 Å². The number of hydrogen-bond acceptors (Lipinski definition) is 4. The maximum atomic E-state index is 11.4. The van der Waals surface area contributed by atoms with Gasteiger partial charge in [-0.3, -0.25) is 10.1 Å². The van der Waals surface area contributed by atoms with Crippen LogP contribution in [0.4, 0.5) is 5.69 Å². The van der Waals surface area contributed by atoms with Crippen LogP contribution in [-0.2, 0) is 9.47 Å². The van der Waals surface area contributed by atoms with E-state index in [9.17, 15) is 10.1 Å². The van der Waals surface area contributed by atoms with E-state index in [1.54, 1.807) is 12.1 Å². The Morgan fingerprint density at radius 1 is 1.11 bits per heavy atom. The molecule has 0 spiro atoms. The third-order valence-corrected chi connectivity index (χ3v) is 6.06. The molecule has 6 heteroatoms. The summed E-state index contributed by atoms with van der Waals surface area (Å²) in [6.07, 6.45) is 2.08. The van der Waals surface area contributed by atoms with E-state index in [1.807, 2.05) is 32.0 Å². The maximum Gasteiger partial charge on any atom is 0.269 e. The number of non-ortho nitro benzene ring substituents is 1. The van der Waals surface area contributed by atoms with Crippen LogP contribution in [0.25, 0.3) is 0 Å². The Morgan fingerprint density at radius 2 is 1.81 bits per heavy atom. The van der Waals surface area contributed by atoms with Gasteiger partial charge in [-0.05, 0) is 39.3 Å². The fourth-order valence-corrected chi connectivity index (χ4v) is 5.14. The van der Waals surface area contributed by atoms with Gasteiger partial charge in [-0.15, -0.1) is 0 Å². The largest absolute Gasteiger partial charge is 0.348 e. The van der Waals surface area contributed by atoms with Crippen LogP contribution in [-0.4, -0.2) is 23.9 Å². The number of nitrogens with zero attached hydrogens (tertiary/aromatic N) is 2. The zero-order valence-electron chi connectivity index (χ0n) is 16.1. The van der Waals surface area contributed by atoms with Crippen molar-refractivity contribution in [1.29, 1.82) is 0 Å². The van der Waals surface area contributed by atoms with Crippen molar-refractivity contribution in [1.82, 2.24) is 0 Å². The lowest BCUT2D eigenvalue weighted by molar-refractivity contribution is -0.755. The average Bonchev–Trinajstić information content (AvgIpc) is 2.64. The molecular formula is C21H25N2O4+. The number of pyridine rings is 1. The van der Waals surface area contributed by atoms with E-state index in [4.69, 9.17) is 9.47 Å². The summed E-state index contributed by atoms with van der Waals surface area (Å²) in [5, 5.41) is 11.4. The summed E-state index contributed by atoms with van der Waals surface area (Å²) in [5.41, 5.74) is 2.84. The second-order valence-corrected chi connectivity index (χ2v) is 7.69. The van der Waals surface area contributed by atoms with E-state index in [-0.39, 0.29) is 28.0 Å². The Labute approximate surface area is 158 Å². The molecule has 1 aliphatic carbocycles. The molecule has 0 unspecified atom stereocenters. The molecule has 0 radical (unpaired) electrons. The number of aromatic nitrogens is 1. The van der Waals surface area contributed by atoms with Crippen LogP contribution in [0.15, 0.2) is 42.6 Å². The number of ether oxygens (including phenoxy) is 2. The van der Waals surface area contributed by atoms with Gasteiger partial charge in [0.1, 0.15) is 5.92 Å². The molecule has 2 aromatic rings. The van der Waals surface area contributed by atoms with Crippen LogP contribution < -0.4 is 4.57 Å². The summed E-state index contributed by atoms with van der Waals surface area (Å²) >= 11 is 0. The molecule has 1 aromatic heterocycles. The predicted octanol–water partition coefficient (Wildman–Crippen LogP) is 3.73. The molecule has 6 nitrogen and oxygen atoms in total. The number of nitro benzene ring substituents is 1. The fourth-order valence-electron chi connectivity index (χ4n) is 5.14. The second-order valence-electron chi connectivity index (χ2n) is 7.69. The van der Waals surface area contributed by atoms with Gasteiger partial charge in [0.25, 0.3) is 5.69 Å². The van der Waals surface area contributed by atoms with E-state index < -0.39 is 5.79 Å². The van der Waals surface area contributed by atoms with E-state index in [1.165, 1.54) is 0 Å². The number of rotatable bonds is 5. The standard InChI is InChI=1S/C21H25N2O4/c1-5-26-21(27-6-2)18-16-13-14(23(24)25)10-11-15(16)19(20(21,3)4)22-12-8-7-9-17(18)22/h7-13,18-19H,5-6H2,1-4H3/q+1/t18-,19-/m0/s1. The van der Waals surface area contributed by atoms with Crippen molar-refractivity contribution in [3.05, 3.63) is 69.5 Å². The molecule has 2 atom stereocenters. The van der Waals surface area contributed by atoms with Gasteiger partial charge in [0.05, 0.1) is 10.3 Å². The lowest BCUT2D eigenvalue weighted by Crippen LogP contribution is -2.71. The monoisotopic (exact) mass is 369 g/mol. The highest BCUT2D eigenvalue weighted by Crippen LogP contribution is 2.62. The maximum absolute atomic E-state index is 11.4. The van der Waals surface area contributed by atoms with Crippen LogP contribution in [0.1, 0.15) is 56.5 Å². The minimum atomic E-state index is -0.884. The van der Waals surface area contributed by atoms with Crippen molar-refractivity contribution in [2.75, 3.05) is 13.2 Å². The number of benzene rings is 1. The first-order valence-corrected chi connectivity index (χ1v) is 9.45. The molecule has 0 saturated carbocycles. The zero-order valence-corrected chi connectivity index (χ0v) is 16.1. The molecule has 3 aliphatic rings. The fraction of sp³-hybridized carbons (Fsp3) is 0.476. The van der Waals surface area contributed by atoms with Gasteiger partial charge < -0.3 is 9.47 Å². The van der Waals surface area contributed by atoms with E-state index >= 15 is 0 Å². The van der Waals surface area contributed by atoms with Crippen molar-refractivity contribution in [3.8, 4) is 0 Å². The Bertz CT molecular complexity index is 903. The molecule has 0 N–H and O–H groups in total. The molecule has 2 aliphatic heterocycles. The van der Waals surface area contributed by atoms with E-state index in [0.29, 0.717) is 13.2 Å². The zero-order chi connectivity index (χ0) is 19.4. The lowest BCUT2D eigenvalue weighted by atomic mass is 9.57. The van der Waals surface area contributed by atoms with Gasteiger partial charge in [-0.2, -0.15) is 4.57 Å². The smallest absolute Gasteiger partial charge is 0.269 e. The van der Waals surface area contributed by atoms with Crippen molar-refractivity contribution in [2.45, 2.75) is 45.4 Å². The molecule has 142 valence electrons. The van der Waals surface area contributed by atoms with Crippen molar-refractivity contribution in [3.63, 3.8) is 0 Å². The molecule has 3 heterocycles. The van der Waals surface area contributed by atoms with E-state index in [0.717, 1.165) is 16.8 Å². The third kappa shape index (κ3) is 2.23. The molecule has 0 saturated heterocycles. The normalized spacial score (nSPS) is 23.6. The predicted molar refractivity (Wildman–Crippen MR) is 99.5 cm³/mol. The first-order valence-electron chi connectivity index (χ1n) is 9.45. The minimum absolute atomic E-state index is 0.0346. The van der Waals surface area contributed by atoms with Gasteiger partial charge in [-0.1, -0.05) is 6.07 Å². The quantitative estimate of drug-likeness (QED) is 0.349. The van der Waals surface area contributed by atoms with Crippen LogP contribution in [0.5, 0.6) is 0 Å². The molecule has 1 aromatic carbocycles. The number of hydrogen-bond donors (Lipinski definition) is 0. The third-order valence-electron chi connectivity index (χ3n) is 6.06. The summed E-state index contributed by atoms with van der Waals surface area (Å²) < 4.78 is 15.0. The SMILES string of the molecule is CCOC1(OCC)[C@H]2c3cc([N+](=O)[O-])ccc3[C@H]([n+]3ccccc32)C1(C)C. The average molecular weight is 369 g/mol. The lowest BCUT2D eigenvalue weighted by Gasteiger charge is -2.57. The Balaban J connectivity index is 2.07. The number of fused-ring (bicyclic) bond motifs is 1. The summed E-state index contributed by atoms with van der Waals surface area (Å²) in [7, 11) is 0. The van der Waals surface area contributed by atoms with Crippen molar-refractivity contribution < 1.29 is 19.0 Å². The van der Waals surface area contributed by atoms with Gasteiger partial charge in [-0.25, -0.2) is 0 Å². The van der Waals surface area contributed by atoms with Gasteiger partial charge in [0.15, 0.2) is 23.7 Å². The Morgan fingerprint density at radius 3 is 2.44 bits per heavy atom. The van der Waals surface area contributed by atoms with Gasteiger partial charge >= 0.3 is 0 Å². The molecule has 0 fully saturated rings. The topological polar surface area (TPSA) is 65.5 Å². The Kier molecular flexibility index (Phi) is 4.09. The molecule has 5 rings (SSSR count). The van der Waals surface area contributed by atoms with Crippen molar-refractivity contribution in [2.24, 2.45) is 5.41 Å². The van der Waals surface area contributed by atoms with Crippen LogP contribution in [0.3, 0.4) is 0 Å². The molecule has 0 amide bonds. The minimum Gasteiger partial charge on any atom is -0.348 e. The van der Waals surface area contributed by atoms with Crippen LogP contribution in [0.2, 0.25) is 0 Å². The van der Waals surface area contributed by atoms with Crippen molar-refractivity contribution >= 4 is 5.69 Å². The first kappa shape index (κ1) is 18.1. The first-order chi connectivity index (χ1) is 12.9. The highest BCUT2D eigenvalue weighted by atomic mass is 16.7.